The molecule has 0 atom stereocenters. The van der Waals surface area contributed by atoms with Crippen LogP contribution in [0.1, 0.15) is 25.7 Å². The van der Waals surface area contributed by atoms with Crippen LogP contribution < -0.4 is 5.43 Å². The first-order valence-electron chi connectivity index (χ1n) is 6.54. The molecule has 1 aliphatic carbocycles. The molecule has 0 radical (unpaired) electrons. The molecule has 1 heterocycles. The highest BCUT2D eigenvalue weighted by Gasteiger charge is 2.34. The minimum atomic E-state index is -0.193. The minimum absolute atomic E-state index is 0.0789. The molecular formula is C13H20N4O3. The average molecular weight is 280 g/mol. The van der Waals surface area contributed by atoms with Crippen LogP contribution in [0.15, 0.2) is 17.5 Å². The van der Waals surface area contributed by atoms with Gasteiger partial charge in [0.1, 0.15) is 6.33 Å². The van der Waals surface area contributed by atoms with E-state index in [0.29, 0.717) is 12.4 Å². The van der Waals surface area contributed by atoms with Crippen LogP contribution in [-0.4, -0.2) is 47.2 Å². The van der Waals surface area contributed by atoms with E-state index in [2.05, 4.69) is 20.5 Å². The number of nitrogens with one attached hydrogen (secondary N) is 1. The molecule has 0 aromatic carbocycles. The van der Waals surface area contributed by atoms with Crippen LogP contribution in [0.2, 0.25) is 0 Å². The highest BCUT2D eigenvalue weighted by molar-refractivity contribution is 5.86. The van der Waals surface area contributed by atoms with Crippen molar-refractivity contribution < 1.29 is 14.6 Å². The Morgan fingerprint density at radius 3 is 2.70 bits per heavy atom. The summed E-state index contributed by atoms with van der Waals surface area (Å²) in [7, 11) is 3.41. The third-order valence-electron chi connectivity index (χ3n) is 3.56. The van der Waals surface area contributed by atoms with Crippen molar-refractivity contribution >= 4 is 11.5 Å². The Bertz CT molecular complexity index is 468. The fraction of sp³-hybridized carbons (Fsp3) is 0.615. The first-order chi connectivity index (χ1) is 9.67. The maximum atomic E-state index is 9.24. The van der Waals surface area contributed by atoms with Crippen molar-refractivity contribution in [2.45, 2.75) is 31.3 Å². The number of aromatic hydroxyl groups is 1. The molecule has 1 aromatic rings. The van der Waals surface area contributed by atoms with Gasteiger partial charge in [-0.3, -0.25) is 5.43 Å². The average Bonchev–Trinajstić information content (AvgIpc) is 2.47. The lowest BCUT2D eigenvalue weighted by molar-refractivity contribution is -0.0760. The Balaban J connectivity index is 1.91. The molecule has 1 saturated carbocycles. The van der Waals surface area contributed by atoms with Crippen molar-refractivity contribution in [1.82, 2.24) is 9.97 Å². The minimum Gasteiger partial charge on any atom is -0.493 e. The highest BCUT2D eigenvalue weighted by atomic mass is 16.5. The van der Waals surface area contributed by atoms with Gasteiger partial charge >= 0.3 is 0 Å². The normalized spacial score (nSPS) is 22.6. The molecule has 1 fully saturated rings. The molecule has 1 aliphatic rings. The smallest absolute Gasteiger partial charge is 0.216 e. The van der Waals surface area contributed by atoms with Crippen molar-refractivity contribution in [2.24, 2.45) is 5.10 Å². The summed E-state index contributed by atoms with van der Waals surface area (Å²) in [6, 6.07) is 1.43. The van der Waals surface area contributed by atoms with E-state index in [-0.39, 0.29) is 11.5 Å². The van der Waals surface area contributed by atoms with Gasteiger partial charge in [-0.25, -0.2) is 9.97 Å². The van der Waals surface area contributed by atoms with Crippen LogP contribution in [0, 0.1) is 0 Å². The summed E-state index contributed by atoms with van der Waals surface area (Å²) >= 11 is 0. The van der Waals surface area contributed by atoms with Crippen molar-refractivity contribution in [3.63, 3.8) is 0 Å². The van der Waals surface area contributed by atoms with Crippen molar-refractivity contribution in [2.75, 3.05) is 26.3 Å². The lowest BCUT2D eigenvalue weighted by Crippen LogP contribution is -2.40. The third kappa shape index (κ3) is 3.64. The van der Waals surface area contributed by atoms with E-state index in [1.807, 2.05) is 0 Å². The van der Waals surface area contributed by atoms with Gasteiger partial charge in [0.25, 0.3) is 0 Å². The molecule has 2 rings (SSSR count). The van der Waals surface area contributed by atoms with Gasteiger partial charge in [0.15, 0.2) is 5.82 Å². The molecule has 0 saturated heterocycles. The van der Waals surface area contributed by atoms with Crippen LogP contribution in [-0.2, 0) is 9.47 Å². The van der Waals surface area contributed by atoms with Crippen LogP contribution in [0.5, 0.6) is 5.88 Å². The van der Waals surface area contributed by atoms with E-state index < -0.39 is 0 Å². The van der Waals surface area contributed by atoms with Crippen LogP contribution in [0.25, 0.3) is 0 Å². The second-order valence-corrected chi connectivity index (χ2v) is 4.87. The Morgan fingerprint density at radius 1 is 1.35 bits per heavy atom. The molecule has 0 aliphatic heterocycles. The topological polar surface area (TPSA) is 88.9 Å². The number of methoxy groups -OCH3 is 2. The largest absolute Gasteiger partial charge is 0.493 e. The van der Waals surface area contributed by atoms with Crippen molar-refractivity contribution in [3.8, 4) is 5.88 Å². The van der Waals surface area contributed by atoms with E-state index in [1.165, 1.54) is 12.4 Å². The summed E-state index contributed by atoms with van der Waals surface area (Å²) in [4.78, 5) is 7.57. The SMILES string of the molecule is COCC1(OC)CCC(=NNc2cc(O)ncn2)CC1. The van der Waals surface area contributed by atoms with Gasteiger partial charge in [0, 0.05) is 26.0 Å². The second kappa shape index (κ2) is 6.62. The summed E-state index contributed by atoms with van der Waals surface area (Å²) in [5.41, 5.74) is 3.71. The zero-order valence-electron chi connectivity index (χ0n) is 11.8. The summed E-state index contributed by atoms with van der Waals surface area (Å²) in [6.07, 6.45) is 4.75. The summed E-state index contributed by atoms with van der Waals surface area (Å²) in [5.74, 6) is 0.398. The first kappa shape index (κ1) is 14.7. The molecule has 7 nitrogen and oxygen atoms in total. The Kier molecular flexibility index (Phi) is 4.86. The number of ether oxygens (including phenoxy) is 2. The number of hydrazone groups is 1. The number of rotatable bonds is 5. The molecule has 0 unspecified atom stereocenters. The summed E-state index contributed by atoms with van der Waals surface area (Å²) in [6.45, 7) is 0.601. The Hall–Kier alpha value is -1.73. The first-order valence-corrected chi connectivity index (χ1v) is 6.54. The monoisotopic (exact) mass is 280 g/mol. The molecule has 110 valence electrons. The number of hydrogen-bond acceptors (Lipinski definition) is 7. The quantitative estimate of drug-likeness (QED) is 0.796. The zero-order chi connectivity index (χ0) is 14.4. The molecule has 0 bridgehead atoms. The van der Waals surface area contributed by atoms with Gasteiger partial charge in [0.2, 0.25) is 5.88 Å². The van der Waals surface area contributed by atoms with Crippen molar-refractivity contribution in [1.29, 1.82) is 0 Å². The number of hydrogen-bond donors (Lipinski definition) is 2. The molecule has 2 N–H and O–H groups in total. The van der Waals surface area contributed by atoms with Gasteiger partial charge in [-0.2, -0.15) is 5.10 Å². The van der Waals surface area contributed by atoms with Gasteiger partial charge in [-0.1, -0.05) is 0 Å². The maximum absolute atomic E-state index is 9.24. The molecular weight excluding hydrogens is 260 g/mol. The van der Waals surface area contributed by atoms with Gasteiger partial charge in [0.05, 0.1) is 12.2 Å². The van der Waals surface area contributed by atoms with E-state index in [9.17, 15) is 5.11 Å². The molecule has 7 heteroatoms. The van der Waals surface area contributed by atoms with Crippen LogP contribution in [0.4, 0.5) is 5.82 Å². The second-order valence-electron chi connectivity index (χ2n) is 4.87. The van der Waals surface area contributed by atoms with Crippen LogP contribution >= 0.6 is 0 Å². The van der Waals surface area contributed by atoms with Gasteiger partial charge in [-0.15, -0.1) is 0 Å². The lowest BCUT2D eigenvalue weighted by atomic mass is 9.84. The predicted octanol–water partition coefficient (Wildman–Crippen LogP) is 1.56. The Labute approximate surface area is 118 Å². The van der Waals surface area contributed by atoms with Crippen LogP contribution in [0.3, 0.4) is 0 Å². The Morgan fingerprint density at radius 2 is 2.10 bits per heavy atom. The van der Waals surface area contributed by atoms with E-state index in [4.69, 9.17) is 9.47 Å². The fourth-order valence-electron chi connectivity index (χ4n) is 2.32. The molecule has 0 spiro atoms. The van der Waals surface area contributed by atoms with Crippen molar-refractivity contribution in [3.05, 3.63) is 12.4 Å². The summed E-state index contributed by atoms with van der Waals surface area (Å²) in [5, 5.41) is 13.6. The third-order valence-corrected chi connectivity index (χ3v) is 3.56. The molecule has 0 amide bonds. The predicted molar refractivity (Wildman–Crippen MR) is 74.8 cm³/mol. The fourth-order valence-corrected chi connectivity index (χ4v) is 2.32. The zero-order valence-corrected chi connectivity index (χ0v) is 11.8. The number of nitrogens with zero attached hydrogens (tertiary/aromatic N) is 3. The number of aromatic nitrogens is 2. The standard InChI is InChI=1S/C13H20N4O3/c1-19-8-13(20-2)5-3-10(4-6-13)16-17-11-7-12(18)15-9-14-11/h7,9H,3-6,8H2,1-2H3,(H2,14,15,17,18). The highest BCUT2D eigenvalue weighted by Crippen LogP contribution is 2.30. The molecule has 1 aromatic heterocycles. The van der Waals surface area contributed by atoms with E-state index in [0.717, 1.165) is 31.4 Å². The summed E-state index contributed by atoms with van der Waals surface area (Å²) < 4.78 is 10.8. The number of anilines is 1. The van der Waals surface area contributed by atoms with Gasteiger partial charge in [-0.05, 0) is 25.7 Å². The lowest BCUT2D eigenvalue weighted by Gasteiger charge is -2.35. The molecule has 20 heavy (non-hydrogen) atoms. The van der Waals surface area contributed by atoms with E-state index in [1.54, 1.807) is 14.2 Å². The maximum Gasteiger partial charge on any atom is 0.216 e. The van der Waals surface area contributed by atoms with E-state index >= 15 is 0 Å². The van der Waals surface area contributed by atoms with Gasteiger partial charge < -0.3 is 14.6 Å².